The molecule has 0 saturated carbocycles. The maximum atomic E-state index is 11.4. The molecule has 0 saturated heterocycles. The van der Waals surface area contributed by atoms with Crippen LogP contribution in [0.3, 0.4) is 0 Å². The number of hydrogen-bond acceptors (Lipinski definition) is 4. The molecule has 7 nitrogen and oxygen atoms in total. The van der Waals surface area contributed by atoms with Crippen LogP contribution in [-0.4, -0.2) is 30.1 Å². The summed E-state index contributed by atoms with van der Waals surface area (Å²) in [5.74, 6) is -0.601. The quantitative estimate of drug-likeness (QED) is 0.791. The molecular formula is C12H14N4O3S. The number of hydrogen-bond donors (Lipinski definition) is 2. The molecule has 2 heterocycles. The van der Waals surface area contributed by atoms with Crippen LogP contribution in [0.25, 0.3) is 11.0 Å². The Morgan fingerprint density at radius 2 is 2.30 bits per heavy atom. The van der Waals surface area contributed by atoms with Gasteiger partial charge in [0.2, 0.25) is 10.0 Å². The molecule has 0 aromatic carbocycles. The summed E-state index contributed by atoms with van der Waals surface area (Å²) in [6.07, 6.45) is 5.66. The van der Waals surface area contributed by atoms with E-state index < -0.39 is 15.9 Å². The van der Waals surface area contributed by atoms with Crippen LogP contribution in [0.5, 0.6) is 0 Å². The van der Waals surface area contributed by atoms with Crippen LogP contribution < -0.4 is 10.5 Å². The van der Waals surface area contributed by atoms with E-state index in [1.807, 2.05) is 0 Å². The summed E-state index contributed by atoms with van der Waals surface area (Å²) in [4.78, 5) is 15.6. The van der Waals surface area contributed by atoms with Gasteiger partial charge in [-0.05, 0) is 6.07 Å². The van der Waals surface area contributed by atoms with Crippen molar-refractivity contribution >= 4 is 32.7 Å². The minimum atomic E-state index is -3.41. The van der Waals surface area contributed by atoms with E-state index in [4.69, 9.17) is 5.73 Å². The number of rotatable bonds is 5. The number of nitrogens with one attached hydrogen (secondary N) is 1. The number of allylic oxidation sites excluding steroid dienone is 1. The molecule has 0 fully saturated rings. The minimum absolute atomic E-state index is 0.277. The molecule has 0 atom stereocenters. The Bertz CT molecular complexity index is 792. The Balaban J connectivity index is 2.63. The summed E-state index contributed by atoms with van der Waals surface area (Å²) in [7, 11) is -3.41. The maximum absolute atomic E-state index is 11.4. The number of carbonyl (C=O) groups excluding carboxylic acids is 1. The SMILES string of the molecule is C=CCn1cc(C(N)=O)c2cc(NS(C)(=O)=O)cnc21. The van der Waals surface area contributed by atoms with Gasteiger partial charge in [0, 0.05) is 18.1 Å². The first-order valence-corrected chi connectivity index (χ1v) is 7.58. The number of pyridine rings is 1. The van der Waals surface area contributed by atoms with Crippen LogP contribution in [0.1, 0.15) is 10.4 Å². The van der Waals surface area contributed by atoms with Gasteiger partial charge >= 0.3 is 0 Å². The average molecular weight is 294 g/mol. The molecule has 0 aliphatic rings. The predicted octanol–water partition coefficient (Wildman–Crippen LogP) is 0.693. The Hall–Kier alpha value is -2.35. The fourth-order valence-corrected chi connectivity index (χ4v) is 2.46. The highest BCUT2D eigenvalue weighted by Gasteiger charge is 2.14. The van der Waals surface area contributed by atoms with Crippen LogP contribution in [0.4, 0.5) is 5.69 Å². The molecule has 0 radical (unpaired) electrons. The van der Waals surface area contributed by atoms with E-state index in [9.17, 15) is 13.2 Å². The summed E-state index contributed by atoms with van der Waals surface area (Å²) in [6, 6.07) is 1.53. The zero-order valence-electron chi connectivity index (χ0n) is 10.8. The van der Waals surface area contributed by atoms with Crippen molar-refractivity contribution in [3.63, 3.8) is 0 Å². The Kier molecular flexibility index (Phi) is 3.49. The fraction of sp³-hybridized carbons (Fsp3) is 0.167. The normalized spacial score (nSPS) is 11.4. The van der Waals surface area contributed by atoms with E-state index in [1.54, 1.807) is 16.8 Å². The van der Waals surface area contributed by atoms with Crippen molar-refractivity contribution in [3.8, 4) is 0 Å². The van der Waals surface area contributed by atoms with Gasteiger partial charge in [0.15, 0.2) is 0 Å². The third-order valence-electron chi connectivity index (χ3n) is 2.61. The lowest BCUT2D eigenvalue weighted by molar-refractivity contribution is 0.100. The highest BCUT2D eigenvalue weighted by atomic mass is 32.2. The van der Waals surface area contributed by atoms with E-state index in [2.05, 4.69) is 16.3 Å². The first-order chi connectivity index (χ1) is 9.31. The molecule has 2 aromatic rings. The lowest BCUT2D eigenvalue weighted by atomic mass is 10.2. The van der Waals surface area contributed by atoms with Crippen molar-refractivity contribution in [2.45, 2.75) is 6.54 Å². The van der Waals surface area contributed by atoms with E-state index in [0.717, 1.165) is 6.26 Å². The molecular weight excluding hydrogens is 280 g/mol. The molecule has 1 amide bonds. The maximum Gasteiger partial charge on any atom is 0.250 e. The molecule has 2 rings (SSSR count). The Morgan fingerprint density at radius 1 is 1.60 bits per heavy atom. The number of sulfonamides is 1. The van der Waals surface area contributed by atoms with Gasteiger partial charge in [0.25, 0.3) is 5.91 Å². The van der Waals surface area contributed by atoms with Crippen LogP contribution in [-0.2, 0) is 16.6 Å². The topological polar surface area (TPSA) is 107 Å². The first-order valence-electron chi connectivity index (χ1n) is 5.69. The minimum Gasteiger partial charge on any atom is -0.366 e. The molecule has 3 N–H and O–H groups in total. The largest absolute Gasteiger partial charge is 0.366 e. The predicted molar refractivity (Wildman–Crippen MR) is 76.9 cm³/mol. The van der Waals surface area contributed by atoms with E-state index in [1.165, 1.54) is 12.3 Å². The number of amides is 1. The van der Waals surface area contributed by atoms with Gasteiger partial charge < -0.3 is 10.3 Å². The van der Waals surface area contributed by atoms with Gasteiger partial charge in [-0.1, -0.05) is 6.08 Å². The second-order valence-corrected chi connectivity index (χ2v) is 6.07. The Labute approximate surface area is 116 Å². The van der Waals surface area contributed by atoms with Gasteiger partial charge in [0.05, 0.1) is 23.7 Å². The highest BCUT2D eigenvalue weighted by molar-refractivity contribution is 7.92. The molecule has 0 aliphatic heterocycles. The highest BCUT2D eigenvalue weighted by Crippen LogP contribution is 2.23. The third-order valence-corrected chi connectivity index (χ3v) is 3.21. The first kappa shape index (κ1) is 14.1. The summed E-state index contributed by atoms with van der Waals surface area (Å²) >= 11 is 0. The zero-order valence-corrected chi connectivity index (χ0v) is 11.6. The summed E-state index contributed by atoms with van der Waals surface area (Å²) in [5, 5.41) is 0.494. The molecule has 8 heteroatoms. The van der Waals surface area contributed by atoms with Crippen molar-refractivity contribution in [1.82, 2.24) is 9.55 Å². The van der Waals surface area contributed by atoms with Gasteiger partial charge in [-0.2, -0.15) is 0 Å². The van der Waals surface area contributed by atoms with Crippen LogP contribution in [0.2, 0.25) is 0 Å². The van der Waals surface area contributed by atoms with Gasteiger partial charge in [-0.15, -0.1) is 6.58 Å². The number of aromatic nitrogens is 2. The van der Waals surface area contributed by atoms with Crippen LogP contribution >= 0.6 is 0 Å². The van der Waals surface area contributed by atoms with Crippen molar-refractivity contribution < 1.29 is 13.2 Å². The summed E-state index contributed by atoms with van der Waals surface area (Å²) < 4.78 is 26.5. The van der Waals surface area contributed by atoms with Gasteiger partial charge in [-0.3, -0.25) is 9.52 Å². The van der Waals surface area contributed by atoms with Crippen molar-refractivity contribution in [3.05, 3.63) is 36.7 Å². The number of fused-ring (bicyclic) bond motifs is 1. The molecule has 0 unspecified atom stereocenters. The third kappa shape index (κ3) is 2.80. The van der Waals surface area contributed by atoms with Gasteiger partial charge in [0.1, 0.15) is 5.65 Å². The Morgan fingerprint density at radius 3 is 2.85 bits per heavy atom. The smallest absolute Gasteiger partial charge is 0.250 e. The van der Waals surface area contributed by atoms with Crippen LogP contribution in [0, 0.1) is 0 Å². The number of carbonyl (C=O) groups is 1. The van der Waals surface area contributed by atoms with E-state index >= 15 is 0 Å². The fourth-order valence-electron chi connectivity index (χ4n) is 1.92. The molecule has 0 spiro atoms. The lowest BCUT2D eigenvalue weighted by Gasteiger charge is -2.04. The average Bonchev–Trinajstić information content (AvgIpc) is 2.66. The summed E-state index contributed by atoms with van der Waals surface area (Å²) in [5.41, 5.74) is 6.42. The lowest BCUT2D eigenvalue weighted by Crippen LogP contribution is -2.11. The number of primary amides is 1. The second kappa shape index (κ2) is 4.97. The molecule has 20 heavy (non-hydrogen) atoms. The number of nitrogens with zero attached hydrogens (tertiary/aromatic N) is 2. The van der Waals surface area contributed by atoms with Crippen molar-refractivity contribution in [2.75, 3.05) is 11.0 Å². The monoisotopic (exact) mass is 294 g/mol. The molecule has 2 aromatic heterocycles. The van der Waals surface area contributed by atoms with Gasteiger partial charge in [-0.25, -0.2) is 13.4 Å². The number of nitrogens with two attached hydrogens (primary N) is 1. The molecule has 0 aliphatic carbocycles. The molecule has 106 valence electrons. The van der Waals surface area contributed by atoms with E-state index in [0.29, 0.717) is 17.6 Å². The van der Waals surface area contributed by atoms with Crippen LogP contribution in [0.15, 0.2) is 31.1 Å². The number of anilines is 1. The standard InChI is InChI=1S/C12H14N4O3S/c1-3-4-16-7-10(11(13)17)9-5-8(6-14-12(9)16)15-20(2,18)19/h3,5-7,15H,1,4H2,2H3,(H2,13,17). The van der Waals surface area contributed by atoms with E-state index in [-0.39, 0.29) is 11.3 Å². The second-order valence-electron chi connectivity index (χ2n) is 4.32. The summed E-state index contributed by atoms with van der Waals surface area (Å²) in [6.45, 7) is 4.09. The van der Waals surface area contributed by atoms with Crippen molar-refractivity contribution in [1.29, 1.82) is 0 Å². The molecule has 0 bridgehead atoms. The zero-order chi connectivity index (χ0) is 14.9. The van der Waals surface area contributed by atoms with Crippen molar-refractivity contribution in [2.24, 2.45) is 5.73 Å².